The normalized spacial score (nSPS) is 19.2. The number of nitrogens with one attached hydrogen (secondary N) is 1. The number of rotatable bonds is 11. The average Bonchev–Trinajstić information content (AvgIpc) is 3.16. The Morgan fingerprint density at radius 1 is 1.11 bits per heavy atom. The van der Waals surface area contributed by atoms with Crippen molar-refractivity contribution in [2.24, 2.45) is 11.3 Å². The van der Waals surface area contributed by atoms with E-state index in [0.29, 0.717) is 5.41 Å². The van der Waals surface area contributed by atoms with E-state index in [1.54, 1.807) is 0 Å². The van der Waals surface area contributed by atoms with E-state index in [1.807, 2.05) is 0 Å². The molecule has 1 heteroatoms. The molecule has 0 spiro atoms. The summed E-state index contributed by atoms with van der Waals surface area (Å²) in [5.74, 6) is 0.863. The molecule has 1 saturated carbocycles. The first-order chi connectivity index (χ1) is 8.62. The van der Waals surface area contributed by atoms with Crippen LogP contribution in [-0.2, 0) is 0 Å². The Hall–Kier alpha value is -0.0400. The van der Waals surface area contributed by atoms with Gasteiger partial charge in [0.05, 0.1) is 0 Å². The molecule has 1 N–H and O–H groups in total. The van der Waals surface area contributed by atoms with E-state index in [-0.39, 0.29) is 0 Å². The van der Waals surface area contributed by atoms with Crippen molar-refractivity contribution in [3.63, 3.8) is 0 Å². The monoisotopic (exact) mass is 253 g/mol. The summed E-state index contributed by atoms with van der Waals surface area (Å²) in [5.41, 5.74) is 0.591. The van der Waals surface area contributed by atoms with Gasteiger partial charge in [0.25, 0.3) is 0 Å². The molecule has 0 aliphatic heterocycles. The van der Waals surface area contributed by atoms with Crippen LogP contribution in [0.15, 0.2) is 0 Å². The van der Waals surface area contributed by atoms with Gasteiger partial charge in [-0.25, -0.2) is 0 Å². The second-order valence-corrected chi connectivity index (χ2v) is 6.90. The zero-order chi connectivity index (χ0) is 13.4. The highest BCUT2D eigenvalue weighted by molar-refractivity contribution is 4.87. The Bertz CT molecular complexity index is 208. The lowest BCUT2D eigenvalue weighted by Crippen LogP contribution is -2.35. The number of hydrogen-bond donors (Lipinski definition) is 1. The fraction of sp³-hybridized carbons (Fsp3) is 1.00. The van der Waals surface area contributed by atoms with Crippen LogP contribution >= 0.6 is 0 Å². The van der Waals surface area contributed by atoms with Gasteiger partial charge in [-0.15, -0.1) is 0 Å². The maximum absolute atomic E-state index is 3.80. The second-order valence-electron chi connectivity index (χ2n) is 6.90. The molecule has 0 aromatic heterocycles. The van der Waals surface area contributed by atoms with Crippen LogP contribution in [0.3, 0.4) is 0 Å². The first-order valence-electron chi connectivity index (χ1n) is 8.35. The van der Waals surface area contributed by atoms with Crippen LogP contribution in [0.5, 0.6) is 0 Å². The average molecular weight is 253 g/mol. The Morgan fingerprint density at radius 2 is 1.78 bits per heavy atom. The van der Waals surface area contributed by atoms with Crippen LogP contribution in [0.2, 0.25) is 0 Å². The minimum Gasteiger partial charge on any atom is -0.313 e. The Balaban J connectivity index is 2.39. The summed E-state index contributed by atoms with van der Waals surface area (Å²) in [5, 5.41) is 3.80. The van der Waals surface area contributed by atoms with E-state index in [1.165, 1.54) is 64.3 Å². The molecule has 1 aliphatic rings. The molecule has 18 heavy (non-hydrogen) atoms. The topological polar surface area (TPSA) is 12.0 Å². The molecule has 1 aliphatic carbocycles. The molecule has 0 aromatic carbocycles. The largest absolute Gasteiger partial charge is 0.313 e. The Morgan fingerprint density at radius 3 is 2.28 bits per heavy atom. The standard InChI is InChI=1S/C17H35N/c1-5-7-12-17(6-2,13-8-9-15(3)4)14-18-16-10-11-16/h15-16,18H,5-14H2,1-4H3. The van der Waals surface area contributed by atoms with E-state index in [2.05, 4.69) is 33.0 Å². The molecule has 1 atom stereocenters. The minimum atomic E-state index is 0.591. The quantitative estimate of drug-likeness (QED) is 0.537. The third kappa shape index (κ3) is 6.22. The van der Waals surface area contributed by atoms with Gasteiger partial charge in [-0.2, -0.15) is 0 Å². The predicted molar refractivity (Wildman–Crippen MR) is 82.0 cm³/mol. The molecule has 0 bridgehead atoms. The second kappa shape index (κ2) is 8.19. The van der Waals surface area contributed by atoms with Crippen LogP contribution in [0.25, 0.3) is 0 Å². The van der Waals surface area contributed by atoms with E-state index in [9.17, 15) is 0 Å². The lowest BCUT2D eigenvalue weighted by molar-refractivity contribution is 0.201. The molecule has 0 radical (unpaired) electrons. The highest BCUT2D eigenvalue weighted by atomic mass is 15.0. The van der Waals surface area contributed by atoms with Crippen molar-refractivity contribution in [2.75, 3.05) is 6.54 Å². The van der Waals surface area contributed by atoms with Gasteiger partial charge in [0.1, 0.15) is 0 Å². The molecule has 1 rings (SSSR count). The fourth-order valence-electron chi connectivity index (χ4n) is 2.87. The van der Waals surface area contributed by atoms with Crippen LogP contribution in [0.1, 0.15) is 85.5 Å². The Labute approximate surface area is 115 Å². The minimum absolute atomic E-state index is 0.591. The zero-order valence-electron chi connectivity index (χ0n) is 13.2. The summed E-state index contributed by atoms with van der Waals surface area (Å²) in [6.07, 6.45) is 12.6. The van der Waals surface area contributed by atoms with Gasteiger partial charge < -0.3 is 5.32 Å². The Kier molecular flexibility index (Phi) is 7.29. The summed E-state index contributed by atoms with van der Waals surface area (Å²) in [7, 11) is 0. The number of unbranched alkanes of at least 4 members (excludes halogenated alkanes) is 1. The lowest BCUT2D eigenvalue weighted by Gasteiger charge is -2.34. The van der Waals surface area contributed by atoms with Crippen molar-refractivity contribution in [2.45, 2.75) is 91.5 Å². The van der Waals surface area contributed by atoms with Crippen molar-refractivity contribution in [3.05, 3.63) is 0 Å². The number of hydrogen-bond acceptors (Lipinski definition) is 1. The summed E-state index contributed by atoms with van der Waals surface area (Å²) in [4.78, 5) is 0. The third-order valence-electron chi connectivity index (χ3n) is 4.64. The maximum Gasteiger partial charge on any atom is 0.00684 e. The van der Waals surface area contributed by atoms with Gasteiger partial charge in [0.15, 0.2) is 0 Å². The molecule has 0 heterocycles. The van der Waals surface area contributed by atoms with E-state index >= 15 is 0 Å². The van der Waals surface area contributed by atoms with Gasteiger partial charge >= 0.3 is 0 Å². The lowest BCUT2D eigenvalue weighted by atomic mass is 9.75. The predicted octanol–water partition coefficient (Wildman–Crippen LogP) is 5.15. The van der Waals surface area contributed by atoms with Gasteiger partial charge in [-0.1, -0.05) is 53.4 Å². The van der Waals surface area contributed by atoms with Gasteiger partial charge in [-0.3, -0.25) is 0 Å². The summed E-state index contributed by atoms with van der Waals surface area (Å²) < 4.78 is 0. The molecule has 108 valence electrons. The highest BCUT2D eigenvalue weighted by Gasteiger charge is 2.30. The molecule has 0 amide bonds. The van der Waals surface area contributed by atoms with Crippen molar-refractivity contribution in [3.8, 4) is 0 Å². The maximum atomic E-state index is 3.80. The molecule has 1 unspecified atom stereocenters. The van der Waals surface area contributed by atoms with E-state index in [4.69, 9.17) is 0 Å². The summed E-state index contributed by atoms with van der Waals surface area (Å²) in [6, 6.07) is 0.864. The van der Waals surface area contributed by atoms with Crippen molar-refractivity contribution >= 4 is 0 Å². The summed E-state index contributed by atoms with van der Waals surface area (Å²) >= 11 is 0. The molecular weight excluding hydrogens is 218 g/mol. The van der Waals surface area contributed by atoms with Crippen LogP contribution < -0.4 is 5.32 Å². The smallest absolute Gasteiger partial charge is 0.00684 e. The molecular formula is C17H35N. The fourth-order valence-corrected chi connectivity index (χ4v) is 2.87. The van der Waals surface area contributed by atoms with Crippen LogP contribution in [0, 0.1) is 11.3 Å². The zero-order valence-corrected chi connectivity index (χ0v) is 13.2. The van der Waals surface area contributed by atoms with Crippen molar-refractivity contribution in [1.29, 1.82) is 0 Å². The van der Waals surface area contributed by atoms with Gasteiger partial charge in [0, 0.05) is 12.6 Å². The van der Waals surface area contributed by atoms with Gasteiger partial charge in [0.2, 0.25) is 0 Å². The van der Waals surface area contributed by atoms with Crippen LogP contribution in [0.4, 0.5) is 0 Å². The molecule has 1 nitrogen and oxygen atoms in total. The molecule has 0 aromatic rings. The highest BCUT2D eigenvalue weighted by Crippen LogP contribution is 2.35. The van der Waals surface area contributed by atoms with Crippen LogP contribution in [-0.4, -0.2) is 12.6 Å². The molecule has 0 saturated heterocycles. The van der Waals surface area contributed by atoms with Crippen molar-refractivity contribution < 1.29 is 0 Å². The van der Waals surface area contributed by atoms with Crippen molar-refractivity contribution in [1.82, 2.24) is 5.32 Å². The molecule has 1 fully saturated rings. The first kappa shape index (κ1) is 16.0. The SMILES string of the molecule is CCCCC(CC)(CCCC(C)C)CNC1CC1. The van der Waals surface area contributed by atoms with E-state index < -0.39 is 0 Å². The summed E-state index contributed by atoms with van der Waals surface area (Å²) in [6.45, 7) is 10.7. The van der Waals surface area contributed by atoms with Gasteiger partial charge in [-0.05, 0) is 43.4 Å². The van der Waals surface area contributed by atoms with E-state index in [0.717, 1.165) is 12.0 Å². The first-order valence-corrected chi connectivity index (χ1v) is 8.35. The third-order valence-corrected chi connectivity index (χ3v) is 4.64.